The maximum atomic E-state index is 16.2. The molecular formula is C54H56N2O15. The fourth-order valence-electron chi connectivity index (χ4n) is 11.1. The molecule has 4 aromatic carbocycles. The number of nitrogen functional groups attached to an aromatic ring is 1. The topological polar surface area (TPSA) is 253 Å². The molecule has 0 unspecified atom stereocenters. The number of nitrogens with one attached hydrogen (secondary N) is 1. The number of Topliss-reactive ketones (excluding diaryl/α,β-unsaturated/α-hetero) is 1. The van der Waals surface area contributed by atoms with E-state index in [0.717, 1.165) is 13.8 Å². The average molecular weight is 973 g/mol. The quantitative estimate of drug-likeness (QED) is 0.0617. The molecule has 2 saturated carbocycles. The molecular weight excluding hydrogens is 917 g/mol. The van der Waals surface area contributed by atoms with Crippen molar-refractivity contribution in [2.45, 2.75) is 108 Å². The number of anilines is 1. The van der Waals surface area contributed by atoms with Crippen LogP contribution in [0.4, 0.5) is 5.69 Å². The van der Waals surface area contributed by atoms with Gasteiger partial charge in [-0.1, -0.05) is 80.6 Å². The number of hydrogen-bond donors (Lipinski definition) is 4. The van der Waals surface area contributed by atoms with Gasteiger partial charge in [0.25, 0.3) is 5.91 Å². The molecule has 17 nitrogen and oxygen atoms in total. The molecule has 0 spiro atoms. The summed E-state index contributed by atoms with van der Waals surface area (Å²) < 4.78 is 37.3. The molecule has 1 aliphatic heterocycles. The second kappa shape index (κ2) is 19.2. The number of hydrogen-bond acceptors (Lipinski definition) is 16. The molecule has 3 fully saturated rings. The minimum atomic E-state index is -2.48. The Kier molecular flexibility index (Phi) is 13.6. The van der Waals surface area contributed by atoms with Crippen LogP contribution >= 0.6 is 0 Å². The highest BCUT2D eigenvalue weighted by Crippen LogP contribution is 2.65. The molecule has 372 valence electrons. The third kappa shape index (κ3) is 8.86. The highest BCUT2D eigenvalue weighted by Gasteiger charge is 2.79. The van der Waals surface area contributed by atoms with Crippen LogP contribution in [0.15, 0.2) is 126 Å². The smallest absolute Gasteiger partial charge is 0.338 e. The Balaban J connectivity index is 1.31. The molecule has 5 N–H and O–H groups in total. The Morgan fingerprint density at radius 2 is 1.31 bits per heavy atom. The van der Waals surface area contributed by atoms with Gasteiger partial charge in [0.2, 0.25) is 0 Å². The van der Waals surface area contributed by atoms with Gasteiger partial charge < -0.3 is 49.7 Å². The van der Waals surface area contributed by atoms with E-state index < -0.39 is 119 Å². The molecule has 17 heteroatoms. The summed E-state index contributed by atoms with van der Waals surface area (Å²) in [5.74, 6) is -8.04. The fraction of sp³-hybridized carbons (Fsp3) is 0.389. The minimum absolute atomic E-state index is 0.0326. The Hall–Kier alpha value is -7.21. The van der Waals surface area contributed by atoms with Gasteiger partial charge in [-0.25, -0.2) is 14.4 Å². The van der Waals surface area contributed by atoms with Crippen molar-refractivity contribution in [2.75, 3.05) is 12.3 Å². The Bertz CT molecular complexity index is 2760. The van der Waals surface area contributed by atoms with Gasteiger partial charge in [-0.05, 0) is 79.1 Å². The van der Waals surface area contributed by atoms with E-state index in [1.165, 1.54) is 50.2 Å². The third-order valence-corrected chi connectivity index (χ3v) is 14.8. The van der Waals surface area contributed by atoms with Crippen LogP contribution in [0.3, 0.4) is 0 Å². The maximum absolute atomic E-state index is 16.2. The molecule has 2 bridgehead atoms. The number of nitrogens with two attached hydrogens (primary N) is 1. The standard InChI is InChI=1S/C54H56N2O15/c1-29-37(68-50(64)42(59)41(32-16-10-7-11-17-32)56-47(61)33-18-12-8-13-19-33)27-54(65)46(70-49(63)34-20-14-9-15-21-34)44-52(6,45(60)43(67-30(2)57)40(29)51(54,4)5)38(26-39-53(44,28-66-39)71-31(3)58)69-48(62)35-22-24-36(55)25-23-35/h7-25,37-39,41-44,46,59,65H,26-28,55H2,1-6H3,(H,56,61)/t37-,38-,39+,41-,42+,43+,44-,46-,52+,53-,54+/m0/s1. The van der Waals surface area contributed by atoms with Gasteiger partial charge in [0, 0.05) is 43.4 Å². The number of carbonyl (C=O) groups is 7. The number of aliphatic hydroxyl groups excluding tert-OH is 1. The number of rotatable bonds is 12. The number of carbonyl (C=O) groups excluding carboxylic acids is 7. The van der Waals surface area contributed by atoms with Crippen LogP contribution in [0, 0.1) is 16.7 Å². The number of fused-ring (bicyclic) bond motifs is 5. The van der Waals surface area contributed by atoms with Gasteiger partial charge in [0.15, 0.2) is 23.6 Å². The summed E-state index contributed by atoms with van der Waals surface area (Å²) in [5.41, 5.74) is -1.23. The number of ether oxygens (including phenoxy) is 6. The Morgan fingerprint density at radius 3 is 1.87 bits per heavy atom. The predicted molar refractivity (Wildman–Crippen MR) is 252 cm³/mol. The molecule has 11 atom stereocenters. The molecule has 1 amide bonds. The maximum Gasteiger partial charge on any atom is 0.338 e. The van der Waals surface area contributed by atoms with Crippen molar-refractivity contribution in [2.24, 2.45) is 16.7 Å². The van der Waals surface area contributed by atoms with Crippen molar-refractivity contribution in [1.82, 2.24) is 5.32 Å². The van der Waals surface area contributed by atoms with Crippen molar-refractivity contribution in [1.29, 1.82) is 0 Å². The molecule has 1 saturated heterocycles. The summed E-state index contributed by atoms with van der Waals surface area (Å²) in [6.45, 7) is 7.88. The van der Waals surface area contributed by atoms with Gasteiger partial charge in [-0.2, -0.15) is 0 Å². The molecule has 71 heavy (non-hydrogen) atoms. The van der Waals surface area contributed by atoms with Gasteiger partial charge >= 0.3 is 29.8 Å². The average Bonchev–Trinajstić information content (AvgIpc) is 3.34. The van der Waals surface area contributed by atoms with Crippen LogP contribution in [-0.2, 0) is 47.6 Å². The first-order chi connectivity index (χ1) is 33.6. The zero-order valence-electron chi connectivity index (χ0n) is 40.0. The monoisotopic (exact) mass is 972 g/mol. The molecule has 0 radical (unpaired) electrons. The lowest BCUT2D eigenvalue weighted by Gasteiger charge is -2.67. The van der Waals surface area contributed by atoms with E-state index in [-0.39, 0.29) is 40.9 Å². The molecule has 4 aliphatic rings. The summed E-state index contributed by atoms with van der Waals surface area (Å²) in [5, 5.41) is 28.7. The van der Waals surface area contributed by atoms with Gasteiger partial charge in [-0.3, -0.25) is 19.2 Å². The highest BCUT2D eigenvalue weighted by atomic mass is 16.6. The lowest BCUT2D eigenvalue weighted by molar-refractivity contribution is -0.345. The van der Waals surface area contributed by atoms with E-state index in [4.69, 9.17) is 34.2 Å². The van der Waals surface area contributed by atoms with Crippen molar-refractivity contribution in [3.63, 3.8) is 0 Å². The van der Waals surface area contributed by atoms with Crippen molar-refractivity contribution in [3.8, 4) is 0 Å². The Morgan fingerprint density at radius 1 is 0.746 bits per heavy atom. The Labute approximate surface area is 409 Å². The normalized spacial score (nSPS) is 29.2. The zero-order chi connectivity index (χ0) is 51.2. The second-order valence-electron chi connectivity index (χ2n) is 19.4. The van der Waals surface area contributed by atoms with Crippen LogP contribution in [0.5, 0.6) is 0 Å². The molecule has 1 heterocycles. The third-order valence-electron chi connectivity index (χ3n) is 14.8. The molecule has 3 aliphatic carbocycles. The van der Waals surface area contributed by atoms with E-state index in [0.29, 0.717) is 11.3 Å². The molecule has 0 aromatic heterocycles. The largest absolute Gasteiger partial charge is 0.458 e. The van der Waals surface area contributed by atoms with Crippen LogP contribution in [0.1, 0.15) is 97.1 Å². The first kappa shape index (κ1) is 50.2. The lowest BCUT2D eigenvalue weighted by Crippen LogP contribution is -2.82. The van der Waals surface area contributed by atoms with Crippen LogP contribution in [-0.4, -0.2) is 106 Å². The summed E-state index contributed by atoms with van der Waals surface area (Å²) >= 11 is 0. The minimum Gasteiger partial charge on any atom is -0.458 e. The summed E-state index contributed by atoms with van der Waals surface area (Å²) in [6.07, 6.45) is -10.9. The van der Waals surface area contributed by atoms with Crippen molar-refractivity contribution < 1.29 is 72.2 Å². The fourth-order valence-corrected chi connectivity index (χ4v) is 11.1. The number of benzene rings is 4. The van der Waals surface area contributed by atoms with Crippen molar-refractivity contribution >= 4 is 47.2 Å². The SMILES string of the molecule is CC(=O)O[C@H]1C(=O)[C@]2(C)[C@@H](OC(=O)c3ccc(N)cc3)C[C@H]3OC[C@@]3(OC(C)=O)[C@H]2[C@H](OC(=O)c2ccccc2)[C@]2(O)C[C@H](OC(=O)[C@H](O)[C@@H](NC(=O)c3ccccc3)c3ccccc3)C(C)=C1C2(C)C. The van der Waals surface area contributed by atoms with Gasteiger partial charge in [-0.15, -0.1) is 0 Å². The van der Waals surface area contributed by atoms with E-state index in [9.17, 15) is 39.0 Å². The summed E-state index contributed by atoms with van der Waals surface area (Å²) in [6, 6.07) is 28.6. The van der Waals surface area contributed by atoms with E-state index in [1.54, 1.807) is 92.7 Å². The second-order valence-corrected chi connectivity index (χ2v) is 19.4. The number of amides is 1. The summed E-state index contributed by atoms with van der Waals surface area (Å²) in [4.78, 5) is 99.7. The lowest BCUT2D eigenvalue weighted by atomic mass is 9.44. The van der Waals surface area contributed by atoms with E-state index in [1.807, 2.05) is 0 Å². The van der Waals surface area contributed by atoms with Crippen molar-refractivity contribution in [3.05, 3.63) is 149 Å². The van der Waals surface area contributed by atoms with Crippen LogP contribution < -0.4 is 11.1 Å². The number of aliphatic hydroxyl groups is 2. The van der Waals surface area contributed by atoms with E-state index in [2.05, 4.69) is 5.32 Å². The first-order valence-electron chi connectivity index (χ1n) is 23.2. The highest BCUT2D eigenvalue weighted by molar-refractivity contribution is 5.97. The van der Waals surface area contributed by atoms with Gasteiger partial charge in [0.1, 0.15) is 30.0 Å². The van der Waals surface area contributed by atoms with Crippen LogP contribution in [0.25, 0.3) is 0 Å². The zero-order valence-corrected chi connectivity index (χ0v) is 40.0. The number of ketones is 1. The molecule has 8 rings (SSSR count). The molecule has 4 aromatic rings. The first-order valence-corrected chi connectivity index (χ1v) is 23.2. The predicted octanol–water partition coefficient (Wildman–Crippen LogP) is 5.18. The van der Waals surface area contributed by atoms with Gasteiger partial charge in [0.05, 0.1) is 35.1 Å². The van der Waals surface area contributed by atoms with E-state index >= 15 is 4.79 Å². The number of esters is 5. The summed E-state index contributed by atoms with van der Waals surface area (Å²) in [7, 11) is 0. The van der Waals surface area contributed by atoms with Crippen LogP contribution in [0.2, 0.25) is 0 Å².